The lowest BCUT2D eigenvalue weighted by molar-refractivity contribution is 0.261. The summed E-state index contributed by atoms with van der Waals surface area (Å²) < 4.78 is 5.71. The summed E-state index contributed by atoms with van der Waals surface area (Å²) in [5.74, 6) is 1.26. The van der Waals surface area contributed by atoms with Gasteiger partial charge in [0.1, 0.15) is 23.8 Å². The number of ether oxygens (including phenoxy) is 1. The topological polar surface area (TPSA) is 80.1 Å². The Labute approximate surface area is 116 Å². The van der Waals surface area contributed by atoms with Crippen LogP contribution in [0.5, 0.6) is 5.75 Å². The first kappa shape index (κ1) is 12.7. The van der Waals surface area contributed by atoms with Crippen LogP contribution in [0.3, 0.4) is 0 Å². The first-order chi connectivity index (χ1) is 9.63. The van der Waals surface area contributed by atoms with Crippen LogP contribution in [0.1, 0.15) is 0 Å². The lowest BCUT2D eigenvalue weighted by atomic mass is 10.2. The second kappa shape index (κ2) is 4.97. The van der Waals surface area contributed by atoms with Gasteiger partial charge in [-0.25, -0.2) is 9.97 Å². The fourth-order valence-corrected chi connectivity index (χ4v) is 2.10. The fraction of sp³-hybridized carbons (Fsp3) is 0.286. The molecule has 3 aromatic rings. The lowest BCUT2D eigenvalue weighted by Crippen LogP contribution is -2.19. The highest BCUT2D eigenvalue weighted by Crippen LogP contribution is 2.27. The molecule has 0 radical (unpaired) electrons. The van der Waals surface area contributed by atoms with Gasteiger partial charge in [0.25, 0.3) is 0 Å². The smallest absolute Gasteiger partial charge is 0.138 e. The van der Waals surface area contributed by atoms with Gasteiger partial charge in [-0.05, 0) is 26.2 Å². The van der Waals surface area contributed by atoms with Crippen molar-refractivity contribution in [2.24, 2.45) is 0 Å². The fourth-order valence-electron chi connectivity index (χ4n) is 2.10. The molecular formula is C14H17N5O. The van der Waals surface area contributed by atoms with Gasteiger partial charge >= 0.3 is 0 Å². The highest BCUT2D eigenvalue weighted by Gasteiger charge is 2.08. The maximum Gasteiger partial charge on any atom is 0.138 e. The Morgan fingerprint density at radius 3 is 2.85 bits per heavy atom. The second-order valence-corrected chi connectivity index (χ2v) is 5.00. The Morgan fingerprint density at radius 2 is 2.05 bits per heavy atom. The van der Waals surface area contributed by atoms with Crippen LogP contribution >= 0.6 is 0 Å². The highest BCUT2D eigenvalue weighted by atomic mass is 16.5. The summed E-state index contributed by atoms with van der Waals surface area (Å²) in [6.07, 6.45) is 3.45. The predicted molar refractivity (Wildman–Crippen MR) is 79.9 cm³/mol. The van der Waals surface area contributed by atoms with Crippen molar-refractivity contribution in [3.63, 3.8) is 0 Å². The van der Waals surface area contributed by atoms with Crippen LogP contribution in [0.25, 0.3) is 21.9 Å². The lowest BCUT2D eigenvalue weighted by Gasteiger charge is -2.10. The maximum absolute atomic E-state index is 5.74. The van der Waals surface area contributed by atoms with E-state index in [0.29, 0.717) is 12.4 Å². The molecule has 0 fully saturated rings. The monoisotopic (exact) mass is 271 g/mol. The number of H-pyrrole nitrogens is 1. The number of aromatic amines is 1. The van der Waals surface area contributed by atoms with Crippen LogP contribution in [0.15, 0.2) is 24.5 Å². The summed E-state index contributed by atoms with van der Waals surface area (Å²) in [6.45, 7) is 1.50. The summed E-state index contributed by atoms with van der Waals surface area (Å²) >= 11 is 0. The molecule has 3 rings (SSSR count). The van der Waals surface area contributed by atoms with E-state index in [4.69, 9.17) is 10.5 Å². The highest BCUT2D eigenvalue weighted by molar-refractivity contribution is 6.06. The van der Waals surface area contributed by atoms with Crippen molar-refractivity contribution in [1.29, 1.82) is 0 Å². The van der Waals surface area contributed by atoms with E-state index in [0.717, 1.165) is 34.2 Å². The van der Waals surface area contributed by atoms with Crippen molar-refractivity contribution in [1.82, 2.24) is 19.9 Å². The van der Waals surface area contributed by atoms with Gasteiger partial charge in [0.2, 0.25) is 0 Å². The molecule has 0 spiro atoms. The molecule has 3 N–H and O–H groups in total. The molecular weight excluding hydrogens is 254 g/mol. The largest absolute Gasteiger partial charge is 0.491 e. The van der Waals surface area contributed by atoms with Crippen LogP contribution in [0, 0.1) is 0 Å². The van der Waals surface area contributed by atoms with Gasteiger partial charge in [0.15, 0.2) is 0 Å². The van der Waals surface area contributed by atoms with E-state index in [1.807, 2.05) is 26.2 Å². The van der Waals surface area contributed by atoms with Crippen LogP contribution in [-0.2, 0) is 0 Å². The van der Waals surface area contributed by atoms with E-state index < -0.39 is 0 Å². The molecule has 6 nitrogen and oxygen atoms in total. The Morgan fingerprint density at radius 1 is 1.20 bits per heavy atom. The normalized spacial score (nSPS) is 11.6. The number of hydrogen-bond acceptors (Lipinski definition) is 5. The third-order valence-electron chi connectivity index (χ3n) is 3.14. The van der Waals surface area contributed by atoms with Crippen LogP contribution < -0.4 is 10.5 Å². The van der Waals surface area contributed by atoms with Gasteiger partial charge in [-0.2, -0.15) is 0 Å². The van der Waals surface area contributed by atoms with Crippen LogP contribution in [-0.4, -0.2) is 47.1 Å². The Balaban J connectivity index is 1.96. The van der Waals surface area contributed by atoms with Gasteiger partial charge < -0.3 is 20.4 Å². The molecule has 0 aliphatic rings. The summed E-state index contributed by atoms with van der Waals surface area (Å²) in [5.41, 5.74) is 7.48. The number of aromatic nitrogens is 3. The summed E-state index contributed by atoms with van der Waals surface area (Å²) in [7, 11) is 4.03. The van der Waals surface area contributed by atoms with E-state index >= 15 is 0 Å². The number of rotatable bonds is 4. The number of fused-ring (bicyclic) bond motifs is 3. The number of hydrogen-bond donors (Lipinski definition) is 2. The zero-order valence-corrected chi connectivity index (χ0v) is 11.6. The zero-order valence-electron chi connectivity index (χ0n) is 11.6. The molecule has 0 amide bonds. The van der Waals surface area contributed by atoms with Crippen molar-refractivity contribution in [3.8, 4) is 5.75 Å². The van der Waals surface area contributed by atoms with Crippen molar-refractivity contribution < 1.29 is 4.74 Å². The van der Waals surface area contributed by atoms with E-state index in [9.17, 15) is 0 Å². The predicted octanol–water partition coefficient (Wildman–Crippen LogP) is 1.63. The number of pyridine rings is 2. The second-order valence-electron chi connectivity index (χ2n) is 5.00. The molecule has 0 saturated carbocycles. The van der Waals surface area contributed by atoms with Gasteiger partial charge in [-0.15, -0.1) is 0 Å². The van der Waals surface area contributed by atoms with Crippen molar-refractivity contribution in [2.45, 2.75) is 0 Å². The molecule has 0 aliphatic heterocycles. The Bertz CT molecular complexity index is 750. The van der Waals surface area contributed by atoms with Gasteiger partial charge in [-0.3, -0.25) is 0 Å². The molecule has 20 heavy (non-hydrogen) atoms. The molecule has 3 heterocycles. The molecule has 3 aromatic heterocycles. The number of nitrogen functional groups attached to an aromatic ring is 1. The quantitative estimate of drug-likeness (QED) is 0.754. The van der Waals surface area contributed by atoms with Crippen LogP contribution in [0.2, 0.25) is 0 Å². The molecule has 104 valence electrons. The summed E-state index contributed by atoms with van der Waals surface area (Å²) in [5, 5.41) is 2.01. The minimum atomic E-state index is 0.498. The maximum atomic E-state index is 5.74. The Hall–Kier alpha value is -2.34. The first-order valence-corrected chi connectivity index (χ1v) is 6.44. The standard InChI is InChI=1S/C14H17N5O/c1-19(2)3-4-20-9-5-11-10-6-13(15)16-8-12(10)18-14(11)17-7-9/h5-8H,3-4H2,1-2H3,(H2,15,16)(H,17,18). The van der Waals surface area contributed by atoms with Gasteiger partial charge in [0.05, 0.1) is 17.9 Å². The molecule has 6 heteroatoms. The molecule has 0 unspecified atom stereocenters. The van der Waals surface area contributed by atoms with Crippen LogP contribution in [0.4, 0.5) is 5.82 Å². The summed E-state index contributed by atoms with van der Waals surface area (Å²) in [4.78, 5) is 13.7. The van der Waals surface area contributed by atoms with Gasteiger partial charge in [0, 0.05) is 17.3 Å². The van der Waals surface area contributed by atoms with E-state index in [1.165, 1.54) is 0 Å². The minimum Gasteiger partial charge on any atom is -0.491 e. The molecule has 0 bridgehead atoms. The molecule has 0 atom stereocenters. The van der Waals surface area contributed by atoms with E-state index in [2.05, 4.69) is 19.9 Å². The van der Waals surface area contributed by atoms with Crippen molar-refractivity contribution in [2.75, 3.05) is 33.0 Å². The minimum absolute atomic E-state index is 0.498. The number of nitrogens with two attached hydrogens (primary N) is 1. The van der Waals surface area contributed by atoms with Gasteiger partial charge in [-0.1, -0.05) is 0 Å². The average Bonchev–Trinajstić information content (AvgIpc) is 2.76. The molecule has 0 saturated heterocycles. The number of anilines is 1. The number of likely N-dealkylation sites (N-methyl/N-ethyl adjacent to an activating group) is 1. The number of nitrogens with one attached hydrogen (secondary N) is 1. The SMILES string of the molecule is CN(C)CCOc1cnc2[nH]c3cnc(N)cc3c2c1. The number of nitrogens with zero attached hydrogens (tertiary/aromatic N) is 3. The molecule has 0 aliphatic carbocycles. The Kier molecular flexibility index (Phi) is 3.15. The van der Waals surface area contributed by atoms with E-state index in [1.54, 1.807) is 12.4 Å². The van der Waals surface area contributed by atoms with Crippen molar-refractivity contribution in [3.05, 3.63) is 24.5 Å². The average molecular weight is 271 g/mol. The third-order valence-corrected chi connectivity index (χ3v) is 3.14. The molecule has 0 aromatic carbocycles. The summed E-state index contributed by atoms with van der Waals surface area (Å²) in [6, 6.07) is 3.83. The third kappa shape index (κ3) is 2.37. The van der Waals surface area contributed by atoms with Crippen molar-refractivity contribution >= 4 is 27.8 Å². The first-order valence-electron chi connectivity index (χ1n) is 6.44. The zero-order chi connectivity index (χ0) is 14.1. The van der Waals surface area contributed by atoms with E-state index in [-0.39, 0.29) is 0 Å².